The third-order valence-corrected chi connectivity index (χ3v) is 5.05. The van der Waals surface area contributed by atoms with E-state index in [0.29, 0.717) is 22.8 Å². The highest BCUT2D eigenvalue weighted by molar-refractivity contribution is 7.17. The molecule has 6 nitrogen and oxygen atoms in total. The Labute approximate surface area is 132 Å². The molecule has 3 rings (SSSR count). The minimum atomic E-state index is -0.478. The van der Waals surface area contributed by atoms with Crippen LogP contribution in [0.5, 0.6) is 0 Å². The summed E-state index contributed by atoms with van der Waals surface area (Å²) in [6.45, 7) is 2.65. The van der Waals surface area contributed by atoms with Crippen molar-refractivity contribution in [2.24, 2.45) is 5.73 Å². The number of amides is 2. The molecule has 0 unspecified atom stereocenters. The fourth-order valence-corrected chi connectivity index (χ4v) is 4.03. The van der Waals surface area contributed by atoms with Gasteiger partial charge >= 0.3 is 0 Å². The molecule has 2 heterocycles. The van der Waals surface area contributed by atoms with Gasteiger partial charge in [0, 0.05) is 17.6 Å². The molecule has 0 fully saturated rings. The summed E-state index contributed by atoms with van der Waals surface area (Å²) < 4.78 is 1.68. The van der Waals surface area contributed by atoms with Crippen molar-refractivity contribution in [2.75, 3.05) is 5.32 Å². The highest BCUT2D eigenvalue weighted by Gasteiger charge is 2.25. The van der Waals surface area contributed by atoms with Gasteiger partial charge in [-0.25, -0.2) is 0 Å². The monoisotopic (exact) mass is 318 g/mol. The van der Waals surface area contributed by atoms with E-state index in [9.17, 15) is 9.59 Å². The van der Waals surface area contributed by atoms with Crippen LogP contribution < -0.4 is 11.1 Å². The molecule has 0 spiro atoms. The van der Waals surface area contributed by atoms with Crippen molar-refractivity contribution in [1.82, 2.24) is 9.78 Å². The molecular weight excluding hydrogens is 300 g/mol. The predicted octanol–water partition coefficient (Wildman–Crippen LogP) is 2.19. The highest BCUT2D eigenvalue weighted by atomic mass is 32.1. The number of rotatable bonds is 4. The van der Waals surface area contributed by atoms with Crippen molar-refractivity contribution in [3.05, 3.63) is 34.0 Å². The third kappa shape index (κ3) is 2.64. The Balaban J connectivity index is 1.90. The summed E-state index contributed by atoms with van der Waals surface area (Å²) in [6, 6.07) is 1.66. The molecule has 7 heteroatoms. The van der Waals surface area contributed by atoms with Crippen LogP contribution in [0.3, 0.4) is 0 Å². The van der Waals surface area contributed by atoms with Gasteiger partial charge in [0.25, 0.3) is 11.8 Å². The molecule has 2 aromatic heterocycles. The minimum Gasteiger partial charge on any atom is -0.365 e. The summed E-state index contributed by atoms with van der Waals surface area (Å²) in [5.74, 6) is -0.790. The van der Waals surface area contributed by atoms with Crippen LogP contribution in [0.15, 0.2) is 12.3 Å². The fourth-order valence-electron chi connectivity index (χ4n) is 2.74. The number of aromatic nitrogens is 2. The van der Waals surface area contributed by atoms with Crippen LogP contribution in [0, 0.1) is 0 Å². The van der Waals surface area contributed by atoms with E-state index in [-0.39, 0.29) is 5.91 Å². The summed E-state index contributed by atoms with van der Waals surface area (Å²) >= 11 is 1.46. The second kappa shape index (κ2) is 5.92. The Bertz CT molecular complexity index is 732. The van der Waals surface area contributed by atoms with Gasteiger partial charge in [-0.2, -0.15) is 5.10 Å². The van der Waals surface area contributed by atoms with Gasteiger partial charge in [0.05, 0.1) is 5.56 Å². The first kappa shape index (κ1) is 14.8. The van der Waals surface area contributed by atoms with Crippen LogP contribution in [0.25, 0.3) is 0 Å². The Morgan fingerprint density at radius 1 is 1.41 bits per heavy atom. The van der Waals surface area contributed by atoms with E-state index in [1.807, 2.05) is 6.92 Å². The maximum Gasteiger partial charge on any atom is 0.276 e. The van der Waals surface area contributed by atoms with Crippen molar-refractivity contribution in [2.45, 2.75) is 39.2 Å². The number of nitrogens with one attached hydrogen (secondary N) is 1. The zero-order valence-electron chi connectivity index (χ0n) is 12.4. The Kier molecular flexibility index (Phi) is 3.98. The molecule has 0 atom stereocenters. The molecule has 0 bridgehead atoms. The standard InChI is InChI=1S/C15H18N4O2S/c1-2-19-8-7-10(18-19)14(21)17-15-12(13(16)20)9-5-3-4-6-11(9)22-15/h7-8H,2-6H2,1H3,(H2,16,20)(H,17,21). The van der Waals surface area contributed by atoms with E-state index in [0.717, 1.165) is 36.1 Å². The van der Waals surface area contributed by atoms with Crippen molar-refractivity contribution < 1.29 is 9.59 Å². The van der Waals surface area contributed by atoms with Gasteiger partial charge in [0.2, 0.25) is 0 Å². The number of thiophene rings is 1. The molecule has 116 valence electrons. The molecule has 0 radical (unpaired) electrons. The number of nitrogens with two attached hydrogens (primary N) is 1. The van der Waals surface area contributed by atoms with Gasteiger partial charge in [-0.3, -0.25) is 14.3 Å². The van der Waals surface area contributed by atoms with Gasteiger partial charge in [0.1, 0.15) is 5.00 Å². The average molecular weight is 318 g/mol. The van der Waals surface area contributed by atoms with Gasteiger partial charge in [-0.15, -0.1) is 11.3 Å². The lowest BCUT2D eigenvalue weighted by atomic mass is 9.95. The van der Waals surface area contributed by atoms with E-state index < -0.39 is 5.91 Å². The Morgan fingerprint density at radius 2 is 2.18 bits per heavy atom. The molecule has 0 aromatic carbocycles. The fraction of sp³-hybridized carbons (Fsp3) is 0.400. The summed E-state index contributed by atoms with van der Waals surface area (Å²) in [6.07, 6.45) is 5.72. The molecule has 22 heavy (non-hydrogen) atoms. The molecule has 3 N–H and O–H groups in total. The van der Waals surface area contributed by atoms with E-state index in [4.69, 9.17) is 5.73 Å². The molecule has 0 saturated carbocycles. The average Bonchev–Trinajstić information content (AvgIpc) is 3.10. The largest absolute Gasteiger partial charge is 0.365 e. The van der Waals surface area contributed by atoms with Crippen LogP contribution in [0.1, 0.15) is 51.1 Å². The summed E-state index contributed by atoms with van der Waals surface area (Å²) in [5, 5.41) is 7.53. The SMILES string of the molecule is CCn1ccc(C(=O)Nc2sc3c(c2C(N)=O)CCCC3)n1. The maximum atomic E-state index is 12.3. The lowest BCUT2D eigenvalue weighted by Crippen LogP contribution is -2.19. The summed E-state index contributed by atoms with van der Waals surface area (Å²) in [5.41, 5.74) is 7.34. The van der Waals surface area contributed by atoms with E-state index in [1.165, 1.54) is 11.3 Å². The number of anilines is 1. The van der Waals surface area contributed by atoms with E-state index >= 15 is 0 Å². The number of nitrogens with zero attached hydrogens (tertiary/aromatic N) is 2. The second-order valence-corrected chi connectivity index (χ2v) is 6.40. The lowest BCUT2D eigenvalue weighted by molar-refractivity contribution is 0.100. The Morgan fingerprint density at radius 3 is 2.86 bits per heavy atom. The molecule has 2 amide bonds. The summed E-state index contributed by atoms with van der Waals surface area (Å²) in [4.78, 5) is 25.2. The molecule has 0 saturated heterocycles. The normalized spacial score (nSPS) is 13.7. The number of carbonyl (C=O) groups excluding carboxylic acids is 2. The molecule has 2 aromatic rings. The zero-order valence-corrected chi connectivity index (χ0v) is 13.2. The number of aryl methyl sites for hydroxylation is 2. The second-order valence-electron chi connectivity index (χ2n) is 5.29. The van der Waals surface area contributed by atoms with E-state index in [1.54, 1.807) is 16.9 Å². The van der Waals surface area contributed by atoms with Crippen molar-refractivity contribution in [1.29, 1.82) is 0 Å². The Hall–Kier alpha value is -2.15. The summed E-state index contributed by atoms with van der Waals surface area (Å²) in [7, 11) is 0. The van der Waals surface area contributed by atoms with Gasteiger partial charge < -0.3 is 11.1 Å². The van der Waals surface area contributed by atoms with Crippen LogP contribution in [0.4, 0.5) is 5.00 Å². The van der Waals surface area contributed by atoms with Gasteiger partial charge in [0.15, 0.2) is 5.69 Å². The van der Waals surface area contributed by atoms with E-state index in [2.05, 4.69) is 10.4 Å². The topological polar surface area (TPSA) is 90.0 Å². The van der Waals surface area contributed by atoms with Gasteiger partial charge in [-0.05, 0) is 44.2 Å². The predicted molar refractivity (Wildman–Crippen MR) is 85.3 cm³/mol. The van der Waals surface area contributed by atoms with Gasteiger partial charge in [-0.1, -0.05) is 0 Å². The maximum absolute atomic E-state index is 12.3. The van der Waals surface area contributed by atoms with Crippen molar-refractivity contribution in [3.8, 4) is 0 Å². The first-order chi connectivity index (χ1) is 10.6. The minimum absolute atomic E-state index is 0.312. The van der Waals surface area contributed by atoms with Crippen LogP contribution in [0.2, 0.25) is 0 Å². The van der Waals surface area contributed by atoms with Crippen LogP contribution in [-0.4, -0.2) is 21.6 Å². The zero-order chi connectivity index (χ0) is 15.7. The number of primary amides is 1. The molecule has 1 aliphatic carbocycles. The van der Waals surface area contributed by atoms with Crippen LogP contribution >= 0.6 is 11.3 Å². The third-order valence-electron chi connectivity index (χ3n) is 3.84. The lowest BCUT2D eigenvalue weighted by Gasteiger charge is -2.11. The number of hydrogen-bond acceptors (Lipinski definition) is 4. The first-order valence-electron chi connectivity index (χ1n) is 7.39. The number of hydrogen-bond donors (Lipinski definition) is 2. The molecule has 0 aliphatic heterocycles. The highest BCUT2D eigenvalue weighted by Crippen LogP contribution is 2.38. The number of fused-ring (bicyclic) bond motifs is 1. The van der Waals surface area contributed by atoms with Crippen molar-refractivity contribution >= 4 is 28.2 Å². The van der Waals surface area contributed by atoms with Crippen LogP contribution in [-0.2, 0) is 19.4 Å². The van der Waals surface area contributed by atoms with Crippen molar-refractivity contribution in [3.63, 3.8) is 0 Å². The number of carbonyl (C=O) groups is 2. The first-order valence-corrected chi connectivity index (χ1v) is 8.21. The smallest absolute Gasteiger partial charge is 0.276 e. The molecule has 1 aliphatic rings. The molecular formula is C15H18N4O2S. The quantitative estimate of drug-likeness (QED) is 0.905.